The quantitative estimate of drug-likeness (QED) is 0.727. The van der Waals surface area contributed by atoms with Crippen LogP contribution < -0.4 is 5.32 Å². The number of aromatic amines is 1. The highest BCUT2D eigenvalue weighted by Gasteiger charge is 2.18. The van der Waals surface area contributed by atoms with Crippen LogP contribution in [-0.2, 0) is 16.6 Å². The summed E-state index contributed by atoms with van der Waals surface area (Å²) >= 11 is 1.48. The molecule has 24 heavy (non-hydrogen) atoms. The molecule has 0 fully saturated rings. The van der Waals surface area contributed by atoms with Gasteiger partial charge in [-0.05, 0) is 18.6 Å². The second-order valence-electron chi connectivity index (χ2n) is 6.89. The van der Waals surface area contributed by atoms with Crippen LogP contribution in [0.15, 0.2) is 29.6 Å². The van der Waals surface area contributed by atoms with Crippen molar-refractivity contribution in [1.29, 1.82) is 0 Å². The first-order chi connectivity index (χ1) is 11.4. The van der Waals surface area contributed by atoms with Crippen LogP contribution in [0.1, 0.15) is 45.1 Å². The molecule has 0 unspecified atom stereocenters. The molecule has 3 aromatic rings. The molecule has 0 atom stereocenters. The Hall–Kier alpha value is -2.21. The summed E-state index contributed by atoms with van der Waals surface area (Å²) in [4.78, 5) is 24.4. The fourth-order valence-corrected chi connectivity index (χ4v) is 3.35. The molecule has 0 radical (unpaired) electrons. The number of aromatic nitrogens is 3. The number of nitrogens with one attached hydrogen (secondary N) is 2. The molecular weight excluding hydrogens is 320 g/mol. The molecule has 2 N–H and O–H groups in total. The van der Waals surface area contributed by atoms with Crippen molar-refractivity contribution in [1.82, 2.24) is 15.0 Å². The highest BCUT2D eigenvalue weighted by molar-refractivity contribution is 7.13. The summed E-state index contributed by atoms with van der Waals surface area (Å²) in [6, 6.07) is 7.95. The average Bonchev–Trinajstić information content (AvgIpc) is 3.12. The molecule has 0 spiro atoms. The third-order valence-electron chi connectivity index (χ3n) is 3.77. The second-order valence-corrected chi connectivity index (χ2v) is 7.75. The van der Waals surface area contributed by atoms with Crippen molar-refractivity contribution in [3.05, 3.63) is 41.2 Å². The van der Waals surface area contributed by atoms with Gasteiger partial charge in [-0.25, -0.2) is 9.97 Å². The number of anilines is 1. The number of nitrogens with zero attached hydrogens (tertiary/aromatic N) is 2. The number of imidazole rings is 1. The number of carbonyl (C=O) groups excluding carboxylic acids is 1. The number of fused-ring (bicyclic) bond motifs is 1. The summed E-state index contributed by atoms with van der Waals surface area (Å²) in [5.74, 6) is 0.925. The number of H-pyrrole nitrogens is 1. The van der Waals surface area contributed by atoms with Crippen LogP contribution in [0.25, 0.3) is 11.0 Å². The van der Waals surface area contributed by atoms with Crippen molar-refractivity contribution in [2.24, 2.45) is 0 Å². The summed E-state index contributed by atoms with van der Waals surface area (Å²) in [5.41, 5.74) is 3.01. The van der Waals surface area contributed by atoms with E-state index >= 15 is 0 Å². The van der Waals surface area contributed by atoms with Gasteiger partial charge in [0.2, 0.25) is 5.91 Å². The maximum atomic E-state index is 12.1. The first kappa shape index (κ1) is 16.6. The molecule has 1 aromatic carbocycles. The van der Waals surface area contributed by atoms with Gasteiger partial charge in [0.05, 0.1) is 16.7 Å². The lowest BCUT2D eigenvalue weighted by Crippen LogP contribution is -2.14. The number of hydrogen-bond donors (Lipinski definition) is 2. The van der Waals surface area contributed by atoms with Gasteiger partial charge in [0.1, 0.15) is 5.82 Å². The Balaban J connectivity index is 1.49. The van der Waals surface area contributed by atoms with Gasteiger partial charge in [-0.1, -0.05) is 32.9 Å². The highest BCUT2D eigenvalue weighted by Crippen LogP contribution is 2.26. The van der Waals surface area contributed by atoms with E-state index < -0.39 is 0 Å². The molecular formula is C18H22N4OS. The smallest absolute Gasteiger partial charge is 0.226 e. The Morgan fingerprint density at radius 3 is 2.75 bits per heavy atom. The van der Waals surface area contributed by atoms with Crippen LogP contribution in [-0.4, -0.2) is 20.9 Å². The van der Waals surface area contributed by atoms with Crippen molar-refractivity contribution in [3.63, 3.8) is 0 Å². The summed E-state index contributed by atoms with van der Waals surface area (Å²) in [5, 5.41) is 5.56. The van der Waals surface area contributed by atoms with Crippen molar-refractivity contribution in [2.45, 2.75) is 45.4 Å². The largest absolute Gasteiger partial charge is 0.342 e. The van der Waals surface area contributed by atoms with Crippen LogP contribution in [0.5, 0.6) is 0 Å². The minimum absolute atomic E-state index is 0.000764. The maximum absolute atomic E-state index is 12.1. The van der Waals surface area contributed by atoms with E-state index in [0.29, 0.717) is 11.6 Å². The first-order valence-corrected chi connectivity index (χ1v) is 8.99. The number of aryl methyl sites for hydroxylation is 1. The zero-order valence-electron chi connectivity index (χ0n) is 14.2. The molecule has 0 aliphatic carbocycles. The Labute approximate surface area is 145 Å². The normalized spacial score (nSPS) is 11.8. The van der Waals surface area contributed by atoms with E-state index in [4.69, 9.17) is 0 Å². The Bertz CT molecular complexity index is 811. The predicted molar refractivity (Wildman–Crippen MR) is 98.5 cm³/mol. The summed E-state index contributed by atoms with van der Waals surface area (Å²) < 4.78 is 0. The van der Waals surface area contributed by atoms with Crippen LogP contribution in [0, 0.1) is 0 Å². The molecule has 2 aromatic heterocycles. The zero-order valence-corrected chi connectivity index (χ0v) is 15.0. The predicted octanol–water partition coefficient (Wildman–Crippen LogP) is 4.28. The summed E-state index contributed by atoms with van der Waals surface area (Å²) in [7, 11) is 0. The lowest BCUT2D eigenvalue weighted by Gasteiger charge is -2.14. The molecule has 126 valence electrons. The Kier molecular flexibility index (Phi) is 4.66. The fraction of sp³-hybridized carbons (Fsp3) is 0.389. The van der Waals surface area contributed by atoms with Gasteiger partial charge >= 0.3 is 0 Å². The lowest BCUT2D eigenvalue weighted by atomic mass is 9.93. The molecule has 0 bridgehead atoms. The minimum Gasteiger partial charge on any atom is -0.342 e. The van der Waals surface area contributed by atoms with Gasteiger partial charge < -0.3 is 10.3 Å². The molecule has 5 nitrogen and oxygen atoms in total. The monoisotopic (exact) mass is 342 g/mol. The van der Waals surface area contributed by atoms with Gasteiger partial charge in [-0.15, -0.1) is 11.3 Å². The molecule has 1 amide bonds. The average molecular weight is 342 g/mol. The van der Waals surface area contributed by atoms with E-state index in [1.807, 2.05) is 29.6 Å². The van der Waals surface area contributed by atoms with E-state index in [2.05, 4.69) is 41.0 Å². The van der Waals surface area contributed by atoms with Crippen LogP contribution >= 0.6 is 11.3 Å². The lowest BCUT2D eigenvalue weighted by molar-refractivity contribution is -0.116. The van der Waals surface area contributed by atoms with Gasteiger partial charge in [0, 0.05) is 23.6 Å². The molecule has 2 heterocycles. The van der Waals surface area contributed by atoms with Crippen LogP contribution in [0.2, 0.25) is 0 Å². The highest BCUT2D eigenvalue weighted by atomic mass is 32.1. The van der Waals surface area contributed by atoms with Crippen molar-refractivity contribution in [3.8, 4) is 0 Å². The first-order valence-electron chi connectivity index (χ1n) is 8.11. The molecule has 0 saturated heterocycles. The summed E-state index contributed by atoms with van der Waals surface area (Å²) in [6.07, 6.45) is 1.97. The number of carbonyl (C=O) groups is 1. The van der Waals surface area contributed by atoms with Crippen molar-refractivity contribution < 1.29 is 4.79 Å². The number of benzene rings is 1. The van der Waals surface area contributed by atoms with Crippen LogP contribution in [0.4, 0.5) is 5.13 Å². The third-order valence-corrected chi connectivity index (χ3v) is 4.53. The number of amides is 1. The number of hydrogen-bond acceptors (Lipinski definition) is 4. The zero-order chi connectivity index (χ0) is 17.2. The maximum Gasteiger partial charge on any atom is 0.226 e. The van der Waals surface area contributed by atoms with E-state index in [9.17, 15) is 4.79 Å². The van der Waals surface area contributed by atoms with Gasteiger partial charge in [0.25, 0.3) is 0 Å². The SMILES string of the molecule is CC(C)(C)c1csc(NC(=O)CCCc2nc3ccccc3[nH]2)n1. The fourth-order valence-electron chi connectivity index (χ4n) is 2.40. The van der Waals surface area contributed by atoms with Crippen molar-refractivity contribution in [2.75, 3.05) is 5.32 Å². The number of para-hydroxylation sites is 2. The Morgan fingerprint density at radius 1 is 1.25 bits per heavy atom. The van der Waals surface area contributed by atoms with Gasteiger partial charge in [0.15, 0.2) is 5.13 Å². The van der Waals surface area contributed by atoms with E-state index in [-0.39, 0.29) is 11.3 Å². The molecule has 6 heteroatoms. The van der Waals surface area contributed by atoms with Gasteiger partial charge in [-0.2, -0.15) is 0 Å². The molecule has 3 rings (SSSR count). The number of rotatable bonds is 5. The van der Waals surface area contributed by atoms with E-state index in [1.54, 1.807) is 0 Å². The molecule has 0 aliphatic rings. The standard InChI is InChI=1S/C18H22N4OS/c1-18(2,3)14-11-24-17(21-14)22-16(23)10-6-9-15-19-12-7-4-5-8-13(12)20-15/h4-5,7-8,11H,6,9-10H2,1-3H3,(H,19,20)(H,21,22,23). The van der Waals surface area contributed by atoms with Crippen LogP contribution in [0.3, 0.4) is 0 Å². The van der Waals surface area contributed by atoms with Gasteiger partial charge in [-0.3, -0.25) is 4.79 Å². The molecule has 0 saturated carbocycles. The van der Waals surface area contributed by atoms with E-state index in [1.165, 1.54) is 11.3 Å². The second kappa shape index (κ2) is 6.73. The van der Waals surface area contributed by atoms with Crippen molar-refractivity contribution >= 4 is 33.4 Å². The molecule has 0 aliphatic heterocycles. The minimum atomic E-state index is 0.000764. The van der Waals surface area contributed by atoms with E-state index in [0.717, 1.165) is 35.4 Å². The topological polar surface area (TPSA) is 70.7 Å². The third kappa shape index (κ3) is 4.00. The number of thiazole rings is 1. The summed E-state index contributed by atoms with van der Waals surface area (Å²) in [6.45, 7) is 6.34. The Morgan fingerprint density at radius 2 is 2.04 bits per heavy atom.